The first-order valence-electron chi connectivity index (χ1n) is 8.54. The fourth-order valence-corrected chi connectivity index (χ4v) is 3.37. The molecule has 1 saturated heterocycles. The molecule has 0 saturated carbocycles. The van der Waals surface area contributed by atoms with Gasteiger partial charge in [-0.2, -0.15) is 0 Å². The van der Waals surface area contributed by atoms with Crippen molar-refractivity contribution in [2.45, 2.75) is 12.5 Å². The lowest BCUT2D eigenvalue weighted by Gasteiger charge is -2.25. The molecule has 6 heteroatoms. The Hall–Kier alpha value is -2.60. The van der Waals surface area contributed by atoms with Crippen LogP contribution in [0, 0.1) is 17.6 Å². The number of benzene rings is 1. The Kier molecular flexibility index (Phi) is 5.73. The van der Waals surface area contributed by atoms with E-state index in [-0.39, 0.29) is 17.9 Å². The third-order valence-electron chi connectivity index (χ3n) is 4.67. The third-order valence-corrected chi connectivity index (χ3v) is 4.67. The molecule has 26 heavy (non-hydrogen) atoms. The zero-order valence-corrected chi connectivity index (χ0v) is 14.5. The Bertz CT molecular complexity index is 795. The van der Waals surface area contributed by atoms with Gasteiger partial charge in [0.25, 0.3) is 0 Å². The number of nitrogens with one attached hydrogen (secondary N) is 1. The van der Waals surface area contributed by atoms with E-state index in [1.54, 1.807) is 29.4 Å². The average Bonchev–Trinajstić information content (AvgIpc) is 2.91. The molecule has 0 aliphatic carbocycles. The summed E-state index contributed by atoms with van der Waals surface area (Å²) in [7, 11) is 1.82. The van der Waals surface area contributed by atoms with Crippen LogP contribution in [0.2, 0.25) is 0 Å². The molecular weight excluding hydrogens is 336 g/mol. The van der Waals surface area contributed by atoms with Gasteiger partial charge in [-0.3, -0.25) is 9.78 Å². The number of carbonyl (C=O) groups excluding carboxylic acids is 1. The van der Waals surface area contributed by atoms with E-state index in [1.165, 1.54) is 12.1 Å². The van der Waals surface area contributed by atoms with Crippen LogP contribution in [0.25, 0.3) is 6.08 Å². The Morgan fingerprint density at radius 1 is 1.27 bits per heavy atom. The first-order valence-corrected chi connectivity index (χ1v) is 8.54. The van der Waals surface area contributed by atoms with Crippen LogP contribution in [0.1, 0.15) is 23.6 Å². The number of nitrogens with zero attached hydrogens (tertiary/aromatic N) is 2. The zero-order chi connectivity index (χ0) is 18.5. The second-order valence-electron chi connectivity index (χ2n) is 6.42. The van der Waals surface area contributed by atoms with Gasteiger partial charge in [0.15, 0.2) is 0 Å². The van der Waals surface area contributed by atoms with Crippen LogP contribution in [0.15, 0.2) is 48.8 Å². The number of halogens is 2. The fourth-order valence-electron chi connectivity index (χ4n) is 3.37. The predicted octanol–water partition coefficient (Wildman–Crippen LogP) is 3.18. The maximum absolute atomic E-state index is 13.6. The van der Waals surface area contributed by atoms with Crippen molar-refractivity contribution in [3.05, 3.63) is 71.6 Å². The van der Waals surface area contributed by atoms with E-state index in [0.717, 1.165) is 11.6 Å². The van der Waals surface area contributed by atoms with Gasteiger partial charge in [0.1, 0.15) is 11.6 Å². The molecule has 2 aromatic rings. The molecule has 1 aromatic carbocycles. The zero-order valence-electron chi connectivity index (χ0n) is 14.5. The summed E-state index contributed by atoms with van der Waals surface area (Å²) in [6.07, 6.45) is 7.37. The number of likely N-dealkylation sites (tertiary alicyclic amines) is 1. The van der Waals surface area contributed by atoms with Crippen molar-refractivity contribution >= 4 is 12.0 Å². The van der Waals surface area contributed by atoms with Gasteiger partial charge in [-0.25, -0.2) is 8.78 Å². The minimum Gasteiger partial charge on any atom is -0.338 e. The second kappa shape index (κ2) is 8.19. The van der Waals surface area contributed by atoms with E-state index in [9.17, 15) is 13.6 Å². The molecule has 0 bridgehead atoms. The third kappa shape index (κ3) is 4.14. The number of aromatic nitrogens is 1. The highest BCUT2D eigenvalue weighted by Gasteiger charge is 2.37. The van der Waals surface area contributed by atoms with Gasteiger partial charge in [-0.1, -0.05) is 12.2 Å². The second-order valence-corrected chi connectivity index (χ2v) is 6.42. The lowest BCUT2D eigenvalue weighted by atomic mass is 9.94. The van der Waals surface area contributed by atoms with Gasteiger partial charge in [-0.15, -0.1) is 0 Å². The van der Waals surface area contributed by atoms with Crippen LogP contribution in [0.4, 0.5) is 8.78 Å². The molecule has 2 atom stereocenters. The van der Waals surface area contributed by atoms with Crippen LogP contribution in [-0.4, -0.2) is 35.9 Å². The molecule has 136 valence electrons. The molecule has 1 aliphatic rings. The van der Waals surface area contributed by atoms with E-state index in [4.69, 9.17) is 0 Å². The van der Waals surface area contributed by atoms with Crippen molar-refractivity contribution in [1.29, 1.82) is 0 Å². The number of rotatable bonds is 6. The van der Waals surface area contributed by atoms with Crippen molar-refractivity contribution in [3.8, 4) is 0 Å². The van der Waals surface area contributed by atoms with Crippen molar-refractivity contribution in [2.24, 2.45) is 5.92 Å². The molecule has 1 aromatic heterocycles. The van der Waals surface area contributed by atoms with Gasteiger partial charge in [0.05, 0.1) is 6.04 Å². The van der Waals surface area contributed by atoms with E-state index in [0.29, 0.717) is 25.1 Å². The molecular formula is C20H21F2N3O. The maximum Gasteiger partial charge on any atom is 0.223 e. The molecule has 2 heterocycles. The largest absolute Gasteiger partial charge is 0.338 e. The SMILES string of the molecule is CN1C(=O)C[C@@H](CNC/C=C/c2ccc(F)cc2F)[C@@H]1c1ccncc1. The quantitative estimate of drug-likeness (QED) is 0.808. The Balaban J connectivity index is 1.56. The summed E-state index contributed by atoms with van der Waals surface area (Å²) in [5, 5.41) is 3.29. The summed E-state index contributed by atoms with van der Waals surface area (Å²) in [5.74, 6) is -0.884. The molecule has 0 spiro atoms. The molecule has 4 nitrogen and oxygen atoms in total. The number of hydrogen-bond acceptors (Lipinski definition) is 3. The number of pyridine rings is 1. The van der Waals surface area contributed by atoms with E-state index < -0.39 is 11.6 Å². The number of hydrogen-bond donors (Lipinski definition) is 1. The van der Waals surface area contributed by atoms with Crippen LogP contribution < -0.4 is 5.32 Å². The Labute approximate surface area is 151 Å². The summed E-state index contributed by atoms with van der Waals surface area (Å²) in [6, 6.07) is 7.40. The highest BCUT2D eigenvalue weighted by atomic mass is 19.1. The minimum atomic E-state index is -0.588. The summed E-state index contributed by atoms with van der Waals surface area (Å²) < 4.78 is 26.5. The molecule has 1 N–H and O–H groups in total. The number of carbonyl (C=O) groups is 1. The fraction of sp³-hybridized carbons (Fsp3) is 0.300. The van der Waals surface area contributed by atoms with Gasteiger partial charge in [-0.05, 0) is 29.8 Å². The number of amides is 1. The maximum atomic E-state index is 13.6. The van der Waals surface area contributed by atoms with Crippen LogP contribution in [-0.2, 0) is 4.79 Å². The highest BCUT2D eigenvalue weighted by Crippen LogP contribution is 2.36. The topological polar surface area (TPSA) is 45.2 Å². The first kappa shape index (κ1) is 18.2. The van der Waals surface area contributed by atoms with Crippen molar-refractivity contribution in [3.63, 3.8) is 0 Å². The van der Waals surface area contributed by atoms with Gasteiger partial charge >= 0.3 is 0 Å². The summed E-state index contributed by atoms with van der Waals surface area (Å²) in [6.45, 7) is 1.20. The molecule has 1 aliphatic heterocycles. The van der Waals surface area contributed by atoms with Crippen molar-refractivity contribution in [2.75, 3.05) is 20.1 Å². The molecule has 1 amide bonds. The van der Waals surface area contributed by atoms with Crippen LogP contribution >= 0.6 is 0 Å². The van der Waals surface area contributed by atoms with Crippen LogP contribution in [0.5, 0.6) is 0 Å². The molecule has 3 rings (SSSR count). The molecule has 1 fully saturated rings. The summed E-state index contributed by atoms with van der Waals surface area (Å²) in [5.41, 5.74) is 1.42. The Morgan fingerprint density at radius 3 is 2.77 bits per heavy atom. The monoisotopic (exact) mass is 357 g/mol. The normalized spacial score (nSPS) is 20.3. The van der Waals surface area contributed by atoms with Crippen molar-refractivity contribution in [1.82, 2.24) is 15.2 Å². The van der Waals surface area contributed by atoms with Gasteiger partial charge < -0.3 is 10.2 Å². The van der Waals surface area contributed by atoms with Crippen molar-refractivity contribution < 1.29 is 13.6 Å². The molecule has 0 unspecified atom stereocenters. The standard InChI is InChI=1S/C20H21F2N3O/c1-25-19(26)11-16(20(25)15-6-9-23-10-7-15)13-24-8-2-3-14-4-5-17(21)12-18(14)22/h2-7,9-10,12,16,20,24H,8,11,13H2,1H3/b3-2+/t16-,20-/m0/s1. The van der Waals surface area contributed by atoms with E-state index in [1.807, 2.05) is 19.2 Å². The minimum absolute atomic E-state index is 0.0246. The average molecular weight is 357 g/mol. The van der Waals surface area contributed by atoms with Crippen LogP contribution in [0.3, 0.4) is 0 Å². The van der Waals surface area contributed by atoms with E-state index >= 15 is 0 Å². The lowest BCUT2D eigenvalue weighted by Crippen LogP contribution is -2.29. The van der Waals surface area contributed by atoms with Gasteiger partial charge in [0.2, 0.25) is 5.91 Å². The molecule has 0 radical (unpaired) electrons. The summed E-state index contributed by atoms with van der Waals surface area (Å²) in [4.78, 5) is 17.9. The smallest absolute Gasteiger partial charge is 0.223 e. The Morgan fingerprint density at radius 2 is 2.04 bits per heavy atom. The first-order chi connectivity index (χ1) is 12.6. The van der Waals surface area contributed by atoms with E-state index in [2.05, 4.69) is 10.3 Å². The highest BCUT2D eigenvalue weighted by molar-refractivity contribution is 5.79. The predicted molar refractivity (Wildman–Crippen MR) is 96.1 cm³/mol. The summed E-state index contributed by atoms with van der Waals surface area (Å²) >= 11 is 0. The van der Waals surface area contributed by atoms with Gasteiger partial charge in [0, 0.05) is 56.5 Å². The lowest BCUT2D eigenvalue weighted by molar-refractivity contribution is -0.127.